The van der Waals surface area contributed by atoms with Crippen LogP contribution in [0.3, 0.4) is 0 Å². The van der Waals surface area contributed by atoms with Crippen LogP contribution < -0.4 is 5.73 Å². The topological polar surface area (TPSA) is 51.8 Å². The summed E-state index contributed by atoms with van der Waals surface area (Å²) in [5.74, 6) is 1.21. The molecule has 0 radical (unpaired) electrons. The van der Waals surface area contributed by atoms with Gasteiger partial charge in [0.15, 0.2) is 0 Å². The van der Waals surface area contributed by atoms with Crippen molar-refractivity contribution in [2.75, 3.05) is 12.0 Å². The van der Waals surface area contributed by atoms with Crippen molar-refractivity contribution in [2.24, 2.45) is 0 Å². The quantitative estimate of drug-likeness (QED) is 0.807. The fourth-order valence-corrected chi connectivity index (χ4v) is 1.91. The molecule has 16 heavy (non-hydrogen) atoms. The summed E-state index contributed by atoms with van der Waals surface area (Å²) in [6.45, 7) is 1.84. The number of anilines is 1. The van der Waals surface area contributed by atoms with Crippen molar-refractivity contribution >= 4 is 17.6 Å². The number of hydrogen-bond acceptors (Lipinski definition) is 4. The van der Waals surface area contributed by atoms with Gasteiger partial charge in [-0.2, -0.15) is 0 Å². The summed E-state index contributed by atoms with van der Waals surface area (Å²) in [5.41, 5.74) is 7.64. The zero-order valence-electron chi connectivity index (χ0n) is 9.27. The van der Waals surface area contributed by atoms with Crippen LogP contribution in [0.15, 0.2) is 35.2 Å². The second-order valence-corrected chi connectivity index (χ2v) is 4.33. The molecule has 0 saturated heterocycles. The van der Waals surface area contributed by atoms with Gasteiger partial charge in [-0.1, -0.05) is 12.1 Å². The van der Waals surface area contributed by atoms with Gasteiger partial charge in [-0.3, -0.25) is 0 Å². The van der Waals surface area contributed by atoms with E-state index in [0.29, 0.717) is 11.6 Å². The van der Waals surface area contributed by atoms with E-state index in [1.807, 2.05) is 19.1 Å². The molecular formula is C12H13N3S. The van der Waals surface area contributed by atoms with Gasteiger partial charge in [0, 0.05) is 16.5 Å². The lowest BCUT2D eigenvalue weighted by atomic mass is 10.1. The molecule has 0 unspecified atom stereocenters. The third-order valence-corrected chi connectivity index (χ3v) is 2.99. The lowest BCUT2D eigenvalue weighted by Crippen LogP contribution is -1.97. The van der Waals surface area contributed by atoms with Crippen LogP contribution >= 0.6 is 11.8 Å². The molecule has 0 amide bonds. The van der Waals surface area contributed by atoms with Gasteiger partial charge < -0.3 is 5.73 Å². The molecule has 4 heteroatoms. The van der Waals surface area contributed by atoms with Gasteiger partial charge in [-0.25, -0.2) is 9.97 Å². The van der Waals surface area contributed by atoms with Crippen molar-refractivity contribution in [1.29, 1.82) is 0 Å². The number of rotatable bonds is 2. The molecule has 3 nitrogen and oxygen atoms in total. The van der Waals surface area contributed by atoms with Crippen molar-refractivity contribution in [1.82, 2.24) is 9.97 Å². The number of benzene rings is 1. The zero-order valence-corrected chi connectivity index (χ0v) is 10.1. The first-order valence-electron chi connectivity index (χ1n) is 4.94. The van der Waals surface area contributed by atoms with Crippen LogP contribution in [0.25, 0.3) is 11.3 Å². The van der Waals surface area contributed by atoms with Crippen molar-refractivity contribution in [3.63, 3.8) is 0 Å². The van der Waals surface area contributed by atoms with Gasteiger partial charge in [0.1, 0.15) is 11.6 Å². The highest BCUT2D eigenvalue weighted by molar-refractivity contribution is 7.98. The van der Waals surface area contributed by atoms with Crippen LogP contribution in [0, 0.1) is 6.92 Å². The van der Waals surface area contributed by atoms with E-state index in [0.717, 1.165) is 11.3 Å². The minimum atomic E-state index is 0.511. The molecule has 2 N–H and O–H groups in total. The zero-order chi connectivity index (χ0) is 11.5. The van der Waals surface area contributed by atoms with E-state index in [2.05, 4.69) is 28.4 Å². The largest absolute Gasteiger partial charge is 0.384 e. The predicted octanol–water partition coefficient (Wildman–Crippen LogP) is 2.76. The van der Waals surface area contributed by atoms with E-state index >= 15 is 0 Å². The SMILES string of the molecule is CSc1ccc(-c2cc(N)nc(C)n2)cc1. The molecule has 0 bridgehead atoms. The van der Waals surface area contributed by atoms with Crippen molar-refractivity contribution in [3.8, 4) is 11.3 Å². The molecule has 1 aromatic carbocycles. The number of nitrogens with two attached hydrogens (primary N) is 1. The van der Waals surface area contributed by atoms with Gasteiger partial charge >= 0.3 is 0 Å². The van der Waals surface area contributed by atoms with Gasteiger partial charge in [-0.15, -0.1) is 11.8 Å². The standard InChI is InChI=1S/C12H13N3S/c1-8-14-11(7-12(13)15-8)9-3-5-10(16-2)6-4-9/h3-7H,1-2H3,(H2,13,14,15). The number of aromatic nitrogens is 2. The Bertz CT molecular complexity index is 474. The highest BCUT2D eigenvalue weighted by Crippen LogP contribution is 2.22. The second kappa shape index (κ2) is 4.53. The molecule has 1 heterocycles. The highest BCUT2D eigenvalue weighted by atomic mass is 32.2. The Balaban J connectivity index is 2.42. The molecule has 82 valence electrons. The molecule has 0 aliphatic heterocycles. The molecule has 0 fully saturated rings. The summed E-state index contributed by atoms with van der Waals surface area (Å²) in [5, 5.41) is 0. The molecule has 2 rings (SSSR count). The second-order valence-electron chi connectivity index (χ2n) is 3.45. The Kier molecular flexibility index (Phi) is 3.10. The minimum Gasteiger partial charge on any atom is -0.384 e. The molecule has 0 aliphatic rings. The van der Waals surface area contributed by atoms with E-state index in [1.165, 1.54) is 4.90 Å². The lowest BCUT2D eigenvalue weighted by Gasteiger charge is -2.04. The Hall–Kier alpha value is -1.55. The smallest absolute Gasteiger partial charge is 0.128 e. The van der Waals surface area contributed by atoms with E-state index in [1.54, 1.807) is 17.8 Å². The number of thioether (sulfide) groups is 1. The number of nitrogens with zero attached hydrogens (tertiary/aromatic N) is 2. The Morgan fingerprint density at radius 1 is 1.12 bits per heavy atom. The first kappa shape index (κ1) is 11.0. The van der Waals surface area contributed by atoms with Gasteiger partial charge in [0.25, 0.3) is 0 Å². The summed E-state index contributed by atoms with van der Waals surface area (Å²) >= 11 is 1.72. The molecule has 1 aromatic heterocycles. The van der Waals surface area contributed by atoms with Gasteiger partial charge in [0.05, 0.1) is 5.69 Å². The van der Waals surface area contributed by atoms with Crippen molar-refractivity contribution in [3.05, 3.63) is 36.2 Å². The molecule has 0 aliphatic carbocycles. The number of aryl methyl sites for hydroxylation is 1. The maximum atomic E-state index is 5.70. The summed E-state index contributed by atoms with van der Waals surface area (Å²) in [6.07, 6.45) is 2.06. The average molecular weight is 231 g/mol. The average Bonchev–Trinajstić information content (AvgIpc) is 2.28. The Morgan fingerprint density at radius 3 is 2.38 bits per heavy atom. The normalized spacial score (nSPS) is 10.4. The van der Waals surface area contributed by atoms with Gasteiger partial charge in [-0.05, 0) is 25.3 Å². The first-order valence-corrected chi connectivity index (χ1v) is 6.17. The third kappa shape index (κ3) is 2.33. The monoisotopic (exact) mass is 231 g/mol. The fraction of sp³-hybridized carbons (Fsp3) is 0.167. The number of nitrogen functional groups attached to an aromatic ring is 1. The van der Waals surface area contributed by atoms with Crippen LogP contribution in [0.1, 0.15) is 5.82 Å². The summed E-state index contributed by atoms with van der Waals surface area (Å²) < 4.78 is 0. The molecule has 0 atom stereocenters. The molecular weight excluding hydrogens is 218 g/mol. The third-order valence-electron chi connectivity index (χ3n) is 2.24. The van der Waals surface area contributed by atoms with Crippen molar-refractivity contribution < 1.29 is 0 Å². The van der Waals surface area contributed by atoms with Crippen molar-refractivity contribution in [2.45, 2.75) is 11.8 Å². The first-order chi connectivity index (χ1) is 7.69. The maximum Gasteiger partial charge on any atom is 0.128 e. The van der Waals surface area contributed by atoms with E-state index < -0.39 is 0 Å². The molecule has 2 aromatic rings. The maximum absolute atomic E-state index is 5.70. The Morgan fingerprint density at radius 2 is 1.81 bits per heavy atom. The lowest BCUT2D eigenvalue weighted by molar-refractivity contribution is 1.07. The van der Waals surface area contributed by atoms with Crippen LogP contribution in [0.2, 0.25) is 0 Å². The summed E-state index contributed by atoms with van der Waals surface area (Å²) in [7, 11) is 0. The van der Waals surface area contributed by atoms with E-state index in [9.17, 15) is 0 Å². The Labute approximate surface area is 99.1 Å². The van der Waals surface area contributed by atoms with Crippen LogP contribution in [-0.2, 0) is 0 Å². The summed E-state index contributed by atoms with van der Waals surface area (Å²) in [4.78, 5) is 9.66. The van der Waals surface area contributed by atoms with E-state index in [-0.39, 0.29) is 0 Å². The number of hydrogen-bond donors (Lipinski definition) is 1. The van der Waals surface area contributed by atoms with Gasteiger partial charge in [0.2, 0.25) is 0 Å². The predicted molar refractivity (Wildman–Crippen MR) is 68.4 cm³/mol. The summed E-state index contributed by atoms with van der Waals surface area (Å²) in [6, 6.07) is 10.0. The van der Waals surface area contributed by atoms with Crippen LogP contribution in [-0.4, -0.2) is 16.2 Å². The minimum absolute atomic E-state index is 0.511. The molecule has 0 saturated carbocycles. The molecule has 0 spiro atoms. The van der Waals surface area contributed by atoms with Crippen LogP contribution in [0.4, 0.5) is 5.82 Å². The highest BCUT2D eigenvalue weighted by Gasteiger charge is 2.02. The van der Waals surface area contributed by atoms with Crippen LogP contribution in [0.5, 0.6) is 0 Å². The fourth-order valence-electron chi connectivity index (χ4n) is 1.50. The van der Waals surface area contributed by atoms with E-state index in [4.69, 9.17) is 5.73 Å².